The number of nitro groups is 1. The number of carboxylic acids is 1. The van der Waals surface area contributed by atoms with Gasteiger partial charge in [0, 0.05) is 31.6 Å². The Morgan fingerprint density at radius 3 is 2.43 bits per heavy atom. The first kappa shape index (κ1) is 12.5. The number of aromatic hydroxyl groups is 1. The van der Waals surface area contributed by atoms with Gasteiger partial charge in [-0.25, -0.2) is 4.79 Å². The van der Waals surface area contributed by atoms with E-state index in [1.54, 1.807) is 0 Å². The van der Waals surface area contributed by atoms with E-state index in [4.69, 9.17) is 10.2 Å². The molecule has 0 bridgehead atoms. The number of non-ortho nitro benzene ring substituents is 1. The third kappa shape index (κ3) is 2.50. The van der Waals surface area contributed by atoms with Crippen molar-refractivity contribution in [2.45, 2.75) is 0 Å². The van der Waals surface area contributed by atoms with Crippen LogP contribution in [0.5, 0.6) is 5.75 Å². The van der Waals surface area contributed by atoms with Gasteiger partial charge in [0.25, 0.3) is 5.69 Å². The Balaban J connectivity index is 0.00000169. The molecule has 0 atom stereocenters. The molecule has 6 nitrogen and oxygen atoms in total. The minimum absolute atomic E-state index is 0. The molecule has 0 radical (unpaired) electrons. The molecule has 2 N–H and O–H groups in total. The Morgan fingerprint density at radius 2 is 2.00 bits per heavy atom. The first-order valence-electron chi connectivity index (χ1n) is 3.23. The molecule has 0 amide bonds. The van der Waals surface area contributed by atoms with Crippen LogP contribution < -0.4 is 0 Å². The van der Waals surface area contributed by atoms with Gasteiger partial charge in [-0.2, -0.15) is 0 Å². The van der Waals surface area contributed by atoms with E-state index < -0.39 is 22.2 Å². The van der Waals surface area contributed by atoms with Crippen molar-refractivity contribution in [3.05, 3.63) is 33.9 Å². The minimum atomic E-state index is -1.40. The molecule has 1 rings (SSSR count). The number of rotatable bonds is 2. The molecule has 0 saturated carbocycles. The van der Waals surface area contributed by atoms with E-state index in [1.807, 2.05) is 0 Å². The first-order valence-corrected chi connectivity index (χ1v) is 3.23. The predicted molar refractivity (Wildman–Crippen MR) is 41.7 cm³/mol. The Hall–Kier alpha value is -1.49. The van der Waals surface area contributed by atoms with E-state index in [0.717, 1.165) is 18.2 Å². The second-order valence-corrected chi connectivity index (χ2v) is 2.26. The van der Waals surface area contributed by atoms with Crippen molar-refractivity contribution in [1.82, 2.24) is 0 Å². The average molecular weight is 249 g/mol. The fraction of sp³-hybridized carbons (Fsp3) is 0. The summed E-state index contributed by atoms with van der Waals surface area (Å²) in [5, 5.41) is 27.7. The summed E-state index contributed by atoms with van der Waals surface area (Å²) in [6.45, 7) is 0. The topological polar surface area (TPSA) is 101 Å². The van der Waals surface area contributed by atoms with Crippen LogP contribution in [-0.4, -0.2) is 21.1 Å². The second-order valence-electron chi connectivity index (χ2n) is 2.26. The molecule has 0 heterocycles. The number of nitro benzene ring substituents is 1. The number of hydrogen-bond acceptors (Lipinski definition) is 4. The van der Waals surface area contributed by atoms with Crippen molar-refractivity contribution in [3.8, 4) is 5.75 Å². The fourth-order valence-electron chi connectivity index (χ4n) is 0.809. The van der Waals surface area contributed by atoms with Gasteiger partial charge in [0.2, 0.25) is 0 Å². The van der Waals surface area contributed by atoms with E-state index >= 15 is 0 Å². The summed E-state index contributed by atoms with van der Waals surface area (Å²) in [6.07, 6.45) is 0. The maximum atomic E-state index is 10.4. The zero-order chi connectivity index (χ0) is 10.0. The summed E-state index contributed by atoms with van der Waals surface area (Å²) in [7, 11) is 0. The van der Waals surface area contributed by atoms with E-state index in [-0.39, 0.29) is 25.2 Å². The summed E-state index contributed by atoms with van der Waals surface area (Å²) in [6, 6.07) is 2.81. The molecule has 1 aromatic rings. The SMILES string of the molecule is O=C(O)c1cc([N+](=O)[O-])ccc1O.[Zn]. The molecule has 7 heteroatoms. The monoisotopic (exact) mass is 247 g/mol. The van der Waals surface area contributed by atoms with E-state index in [9.17, 15) is 14.9 Å². The maximum absolute atomic E-state index is 10.4. The van der Waals surface area contributed by atoms with Gasteiger partial charge >= 0.3 is 5.97 Å². The minimum Gasteiger partial charge on any atom is -0.507 e. The molecule has 1 aromatic carbocycles. The fourth-order valence-corrected chi connectivity index (χ4v) is 0.809. The standard InChI is InChI=1S/C7H5NO5.Zn/c9-6-2-1-4(8(12)13)3-5(6)7(10)11;/h1-3,9H,(H,10,11);. The van der Waals surface area contributed by atoms with Crippen LogP contribution in [0.3, 0.4) is 0 Å². The largest absolute Gasteiger partial charge is 0.507 e. The first-order chi connectivity index (χ1) is 6.02. The second kappa shape index (κ2) is 4.67. The van der Waals surface area contributed by atoms with Crippen LogP contribution in [0.4, 0.5) is 5.69 Å². The molecule has 0 aliphatic rings. The van der Waals surface area contributed by atoms with Gasteiger partial charge in [0.05, 0.1) is 4.92 Å². The van der Waals surface area contributed by atoms with Gasteiger partial charge in [0.15, 0.2) is 0 Å². The predicted octanol–water partition coefficient (Wildman–Crippen LogP) is 0.996. The molecule has 0 aliphatic heterocycles. The molecule has 70 valence electrons. The number of phenols is 1. The van der Waals surface area contributed by atoms with E-state index in [0.29, 0.717) is 0 Å². The van der Waals surface area contributed by atoms with Crippen LogP contribution in [0.15, 0.2) is 18.2 Å². The van der Waals surface area contributed by atoms with Crippen molar-refractivity contribution in [2.75, 3.05) is 0 Å². The number of nitrogens with zero attached hydrogens (tertiary/aromatic N) is 1. The van der Waals surface area contributed by atoms with Crippen molar-refractivity contribution in [1.29, 1.82) is 0 Å². The van der Waals surface area contributed by atoms with Crippen molar-refractivity contribution in [2.24, 2.45) is 0 Å². The average Bonchev–Trinajstić information content (AvgIpc) is 2.04. The zero-order valence-electron chi connectivity index (χ0n) is 7.01. The van der Waals surface area contributed by atoms with Crippen LogP contribution >= 0.6 is 0 Å². The summed E-state index contributed by atoms with van der Waals surface area (Å²) >= 11 is 0. The van der Waals surface area contributed by atoms with Crippen molar-refractivity contribution < 1.29 is 39.4 Å². The van der Waals surface area contributed by atoms with Crippen LogP contribution in [0.1, 0.15) is 10.4 Å². The molecule has 0 unspecified atom stereocenters. The van der Waals surface area contributed by atoms with Crippen LogP contribution in [0.25, 0.3) is 0 Å². The molecule has 14 heavy (non-hydrogen) atoms. The molecule has 0 saturated heterocycles. The normalized spacial score (nSPS) is 8.86. The number of aromatic carboxylic acids is 1. The van der Waals surface area contributed by atoms with Crippen LogP contribution in [0.2, 0.25) is 0 Å². The van der Waals surface area contributed by atoms with E-state index in [1.165, 1.54) is 0 Å². The van der Waals surface area contributed by atoms with Gasteiger partial charge < -0.3 is 10.2 Å². The van der Waals surface area contributed by atoms with Gasteiger partial charge in [-0.15, -0.1) is 0 Å². The van der Waals surface area contributed by atoms with Crippen LogP contribution in [0, 0.1) is 10.1 Å². The third-order valence-corrected chi connectivity index (χ3v) is 1.42. The molecule has 0 aliphatic carbocycles. The summed E-state index contributed by atoms with van der Waals surface area (Å²) in [5.74, 6) is -1.89. The summed E-state index contributed by atoms with van der Waals surface area (Å²) in [4.78, 5) is 19.9. The Morgan fingerprint density at radius 1 is 1.43 bits per heavy atom. The molecule has 0 aromatic heterocycles. The smallest absolute Gasteiger partial charge is 0.339 e. The molecular weight excluding hydrogens is 243 g/mol. The number of carbonyl (C=O) groups is 1. The Bertz CT molecular complexity index is 378. The van der Waals surface area contributed by atoms with Crippen LogP contribution in [-0.2, 0) is 19.5 Å². The molecule has 0 spiro atoms. The number of hydrogen-bond donors (Lipinski definition) is 2. The summed E-state index contributed by atoms with van der Waals surface area (Å²) in [5.41, 5.74) is -0.843. The molecule has 0 fully saturated rings. The quantitative estimate of drug-likeness (QED) is 0.462. The maximum Gasteiger partial charge on any atom is 0.339 e. The third-order valence-electron chi connectivity index (χ3n) is 1.42. The number of carboxylic acid groups (broad SMARTS) is 1. The van der Waals surface area contributed by atoms with Gasteiger partial charge in [-0.05, 0) is 6.07 Å². The van der Waals surface area contributed by atoms with Crippen molar-refractivity contribution >= 4 is 11.7 Å². The number of benzene rings is 1. The van der Waals surface area contributed by atoms with Gasteiger partial charge in [0.1, 0.15) is 11.3 Å². The van der Waals surface area contributed by atoms with Gasteiger partial charge in [-0.3, -0.25) is 10.1 Å². The van der Waals surface area contributed by atoms with Gasteiger partial charge in [-0.1, -0.05) is 0 Å². The van der Waals surface area contributed by atoms with E-state index in [2.05, 4.69) is 0 Å². The Labute approximate surface area is 91.1 Å². The Kier molecular flexibility index (Phi) is 4.17. The van der Waals surface area contributed by atoms with Crippen molar-refractivity contribution in [3.63, 3.8) is 0 Å². The summed E-state index contributed by atoms with van der Waals surface area (Å²) < 4.78 is 0. The zero-order valence-corrected chi connectivity index (χ0v) is 9.97. The molecular formula is C7H5NO5Zn.